The van der Waals surface area contributed by atoms with Gasteiger partial charge in [-0.3, -0.25) is 0 Å². The van der Waals surface area contributed by atoms with Crippen molar-refractivity contribution >= 4 is 11.3 Å². The van der Waals surface area contributed by atoms with Gasteiger partial charge in [0.05, 0.1) is 5.71 Å². The average Bonchev–Trinajstić information content (AvgIpc) is 2.49. The second-order valence-electron chi connectivity index (χ2n) is 5.79. The minimum absolute atomic E-state index is 0.538. The van der Waals surface area contributed by atoms with Crippen LogP contribution in [0.1, 0.15) is 34.7 Å². The Kier molecular flexibility index (Phi) is 5.11. The molecule has 0 saturated carbocycles. The number of allylic oxidation sites excluding steroid dienone is 4. The van der Waals surface area contributed by atoms with Gasteiger partial charge in [-0.15, -0.1) is 0 Å². The first-order valence-corrected chi connectivity index (χ1v) is 7.55. The van der Waals surface area contributed by atoms with Gasteiger partial charge in [0.15, 0.2) is 0 Å². The Morgan fingerprint density at radius 3 is 2.36 bits per heavy atom. The fraction of sp³-hybridized carbons (Fsp3) is 0.190. The minimum atomic E-state index is 0.538. The van der Waals surface area contributed by atoms with E-state index in [1.807, 2.05) is 18.2 Å². The molecule has 0 unspecified atom stereocenters. The number of rotatable bonds is 4. The molecule has 2 aromatic rings. The highest BCUT2D eigenvalue weighted by atomic mass is 14.4. The van der Waals surface area contributed by atoms with E-state index in [1.54, 1.807) is 0 Å². The number of aryl methyl sites for hydroxylation is 3. The summed E-state index contributed by atoms with van der Waals surface area (Å²) >= 11 is 0. The summed E-state index contributed by atoms with van der Waals surface area (Å²) in [6, 6.07) is 14.6. The average molecular weight is 289 g/mol. The van der Waals surface area contributed by atoms with E-state index in [0.29, 0.717) is 5.71 Å². The summed E-state index contributed by atoms with van der Waals surface area (Å²) in [5.41, 5.74) is 7.67. The second kappa shape index (κ2) is 7.04. The molecule has 1 N–H and O–H groups in total. The third kappa shape index (κ3) is 4.05. The fourth-order valence-corrected chi connectivity index (χ4v) is 2.28. The van der Waals surface area contributed by atoms with Gasteiger partial charge in [0.2, 0.25) is 0 Å². The molecule has 0 bridgehead atoms. The Hall–Kier alpha value is -2.41. The van der Waals surface area contributed by atoms with Gasteiger partial charge in [-0.05, 0) is 67.7 Å². The Morgan fingerprint density at radius 2 is 1.68 bits per heavy atom. The molecular weight excluding hydrogens is 266 g/mol. The smallest absolute Gasteiger partial charge is 0.0612 e. The van der Waals surface area contributed by atoms with Crippen molar-refractivity contribution in [3.63, 3.8) is 0 Å². The number of hydrogen-bond acceptors (Lipinski definition) is 1. The van der Waals surface area contributed by atoms with E-state index in [1.165, 1.54) is 27.8 Å². The third-order valence-electron chi connectivity index (χ3n) is 3.90. The van der Waals surface area contributed by atoms with Gasteiger partial charge >= 0.3 is 0 Å². The lowest BCUT2D eigenvalue weighted by atomic mass is 10.0. The standard InChI is InChI=1S/C21H23N/c1-15-7-5-9-19(13-15)17(3)8-6-10-21(22)20-12-11-16(2)18(4)14-20/h5-14,22H,1-4H3/b10-6-,17-8+,22-21?. The molecule has 0 aliphatic carbocycles. The molecule has 0 atom stereocenters. The Morgan fingerprint density at radius 1 is 0.909 bits per heavy atom. The van der Waals surface area contributed by atoms with Crippen LogP contribution in [-0.2, 0) is 0 Å². The Balaban J connectivity index is 2.12. The predicted molar refractivity (Wildman–Crippen MR) is 96.7 cm³/mol. The van der Waals surface area contributed by atoms with Gasteiger partial charge in [0.1, 0.15) is 0 Å². The summed E-state index contributed by atoms with van der Waals surface area (Å²) in [6.45, 7) is 8.37. The van der Waals surface area contributed by atoms with Crippen molar-refractivity contribution in [1.29, 1.82) is 5.41 Å². The maximum absolute atomic E-state index is 8.16. The van der Waals surface area contributed by atoms with Crippen molar-refractivity contribution in [1.82, 2.24) is 0 Å². The zero-order valence-corrected chi connectivity index (χ0v) is 13.8. The highest BCUT2D eigenvalue weighted by Gasteiger charge is 1.99. The highest BCUT2D eigenvalue weighted by Crippen LogP contribution is 2.15. The summed E-state index contributed by atoms with van der Waals surface area (Å²) in [7, 11) is 0. The van der Waals surface area contributed by atoms with Crippen LogP contribution in [0.25, 0.3) is 5.57 Å². The summed E-state index contributed by atoms with van der Waals surface area (Å²) in [5.74, 6) is 0. The van der Waals surface area contributed by atoms with Crippen molar-refractivity contribution in [2.75, 3.05) is 0 Å². The van der Waals surface area contributed by atoms with E-state index >= 15 is 0 Å². The van der Waals surface area contributed by atoms with Gasteiger partial charge in [-0.25, -0.2) is 0 Å². The van der Waals surface area contributed by atoms with E-state index in [4.69, 9.17) is 5.41 Å². The van der Waals surface area contributed by atoms with Gasteiger partial charge in [-0.1, -0.05) is 54.1 Å². The van der Waals surface area contributed by atoms with Crippen LogP contribution in [-0.4, -0.2) is 5.71 Å². The van der Waals surface area contributed by atoms with Gasteiger partial charge in [-0.2, -0.15) is 0 Å². The zero-order valence-electron chi connectivity index (χ0n) is 13.8. The van der Waals surface area contributed by atoms with Crippen molar-refractivity contribution < 1.29 is 0 Å². The number of benzene rings is 2. The molecule has 2 aromatic carbocycles. The SMILES string of the molecule is C/C(=C\C=C/C(=N)c1ccc(C)c(C)c1)c1cccc(C)c1. The molecule has 0 fully saturated rings. The molecule has 1 heteroatoms. The maximum atomic E-state index is 8.16. The van der Waals surface area contributed by atoms with Gasteiger partial charge in [0.25, 0.3) is 0 Å². The lowest BCUT2D eigenvalue weighted by Crippen LogP contribution is -1.95. The number of nitrogens with one attached hydrogen (secondary N) is 1. The first-order valence-electron chi connectivity index (χ1n) is 7.55. The molecule has 2 rings (SSSR count). The summed E-state index contributed by atoms with van der Waals surface area (Å²) in [6.07, 6.45) is 5.86. The largest absolute Gasteiger partial charge is 0.300 e. The van der Waals surface area contributed by atoms with E-state index in [9.17, 15) is 0 Å². The van der Waals surface area contributed by atoms with Crippen LogP contribution >= 0.6 is 0 Å². The molecule has 0 spiro atoms. The third-order valence-corrected chi connectivity index (χ3v) is 3.90. The van der Waals surface area contributed by atoms with Crippen LogP contribution in [0.15, 0.2) is 60.7 Å². The van der Waals surface area contributed by atoms with Crippen LogP contribution in [0, 0.1) is 26.2 Å². The summed E-state index contributed by atoms with van der Waals surface area (Å²) in [5, 5.41) is 8.16. The van der Waals surface area contributed by atoms with Gasteiger partial charge < -0.3 is 5.41 Å². The molecule has 0 aromatic heterocycles. The lowest BCUT2D eigenvalue weighted by Gasteiger charge is -2.04. The van der Waals surface area contributed by atoms with Gasteiger partial charge in [0, 0.05) is 0 Å². The minimum Gasteiger partial charge on any atom is -0.300 e. The van der Waals surface area contributed by atoms with Crippen molar-refractivity contribution in [2.45, 2.75) is 27.7 Å². The molecule has 0 aliphatic heterocycles. The molecule has 0 saturated heterocycles. The van der Waals surface area contributed by atoms with Crippen LogP contribution in [0.5, 0.6) is 0 Å². The fourth-order valence-electron chi connectivity index (χ4n) is 2.28. The zero-order chi connectivity index (χ0) is 16.1. The van der Waals surface area contributed by atoms with Crippen molar-refractivity contribution in [3.05, 3.63) is 88.5 Å². The molecule has 0 radical (unpaired) electrons. The quantitative estimate of drug-likeness (QED) is 0.556. The second-order valence-corrected chi connectivity index (χ2v) is 5.79. The lowest BCUT2D eigenvalue weighted by molar-refractivity contribution is 1.33. The molecule has 112 valence electrons. The van der Waals surface area contributed by atoms with Crippen molar-refractivity contribution in [2.24, 2.45) is 0 Å². The van der Waals surface area contributed by atoms with Crippen LogP contribution in [0.4, 0.5) is 0 Å². The summed E-state index contributed by atoms with van der Waals surface area (Å²) < 4.78 is 0. The molecular formula is C21H23N. The summed E-state index contributed by atoms with van der Waals surface area (Å²) in [4.78, 5) is 0. The molecule has 0 amide bonds. The Bertz CT molecular complexity index is 748. The monoisotopic (exact) mass is 289 g/mol. The van der Waals surface area contributed by atoms with Crippen LogP contribution in [0.2, 0.25) is 0 Å². The normalized spacial score (nSPS) is 11.9. The van der Waals surface area contributed by atoms with Crippen LogP contribution < -0.4 is 0 Å². The van der Waals surface area contributed by atoms with Crippen LogP contribution in [0.3, 0.4) is 0 Å². The van der Waals surface area contributed by atoms with E-state index < -0.39 is 0 Å². The van der Waals surface area contributed by atoms with E-state index in [-0.39, 0.29) is 0 Å². The molecule has 22 heavy (non-hydrogen) atoms. The molecule has 1 nitrogen and oxygen atoms in total. The first-order chi connectivity index (χ1) is 10.5. The Labute approximate surface area is 133 Å². The molecule has 0 heterocycles. The number of hydrogen-bond donors (Lipinski definition) is 1. The van der Waals surface area contributed by atoms with Crippen molar-refractivity contribution in [3.8, 4) is 0 Å². The topological polar surface area (TPSA) is 23.9 Å². The highest BCUT2D eigenvalue weighted by molar-refractivity contribution is 6.06. The maximum Gasteiger partial charge on any atom is 0.0612 e. The first kappa shape index (κ1) is 16.0. The predicted octanol–water partition coefficient (Wildman–Crippen LogP) is 5.64. The van der Waals surface area contributed by atoms with E-state index in [2.05, 4.69) is 70.2 Å². The molecule has 0 aliphatic rings. The van der Waals surface area contributed by atoms with E-state index in [0.717, 1.165) is 5.56 Å².